The fourth-order valence-corrected chi connectivity index (χ4v) is 5.37. The Balaban J connectivity index is 1.08. The van der Waals surface area contributed by atoms with Gasteiger partial charge in [0, 0.05) is 48.8 Å². The summed E-state index contributed by atoms with van der Waals surface area (Å²) in [6.07, 6.45) is 5.62. The van der Waals surface area contributed by atoms with Crippen LogP contribution in [-0.4, -0.2) is 52.7 Å². The Morgan fingerprint density at radius 2 is 1.51 bits per heavy atom. The van der Waals surface area contributed by atoms with Crippen LogP contribution in [0.1, 0.15) is 64.8 Å². The molecule has 0 spiro atoms. The van der Waals surface area contributed by atoms with Crippen molar-refractivity contribution in [1.29, 1.82) is 0 Å². The second-order valence-electron chi connectivity index (χ2n) is 10.7. The topological polar surface area (TPSA) is 69.7 Å². The molecule has 6 rings (SSSR count). The van der Waals surface area contributed by atoms with E-state index in [0.717, 1.165) is 47.6 Å². The SMILES string of the molecule is O=C(NC1CC1)c1ccc(CN(C(=O)C2CCN(C(=O)c3cccc4ccccc34)CC2)C2CC2)cc1. The molecule has 3 aromatic rings. The number of rotatable bonds is 7. The zero-order valence-electron chi connectivity index (χ0n) is 21.1. The Bertz CT molecular complexity index is 1310. The molecule has 3 fully saturated rings. The summed E-state index contributed by atoms with van der Waals surface area (Å²) >= 11 is 0. The molecule has 1 heterocycles. The van der Waals surface area contributed by atoms with E-state index in [9.17, 15) is 14.4 Å². The van der Waals surface area contributed by atoms with E-state index in [-0.39, 0.29) is 23.6 Å². The van der Waals surface area contributed by atoms with Gasteiger partial charge in [-0.3, -0.25) is 14.4 Å². The number of hydrogen-bond donors (Lipinski definition) is 1. The highest BCUT2D eigenvalue weighted by molar-refractivity contribution is 6.07. The summed E-state index contributed by atoms with van der Waals surface area (Å²) < 4.78 is 0. The van der Waals surface area contributed by atoms with Crippen molar-refractivity contribution in [2.45, 2.75) is 57.2 Å². The molecule has 1 saturated heterocycles. The fourth-order valence-electron chi connectivity index (χ4n) is 5.37. The van der Waals surface area contributed by atoms with Crippen LogP contribution < -0.4 is 5.32 Å². The van der Waals surface area contributed by atoms with E-state index in [0.29, 0.717) is 50.1 Å². The third-order valence-corrected chi connectivity index (χ3v) is 7.90. The number of fused-ring (bicyclic) bond motifs is 1. The third kappa shape index (κ3) is 5.24. The Morgan fingerprint density at radius 3 is 2.22 bits per heavy atom. The highest BCUT2D eigenvalue weighted by Gasteiger charge is 2.37. The second kappa shape index (κ2) is 10.0. The Kier molecular flexibility index (Phi) is 6.41. The van der Waals surface area contributed by atoms with E-state index in [1.165, 1.54) is 0 Å². The van der Waals surface area contributed by atoms with Crippen molar-refractivity contribution >= 4 is 28.5 Å². The molecule has 0 bridgehead atoms. The molecule has 3 aliphatic rings. The molecule has 190 valence electrons. The van der Waals surface area contributed by atoms with Crippen molar-refractivity contribution < 1.29 is 14.4 Å². The lowest BCUT2D eigenvalue weighted by Gasteiger charge is -2.34. The van der Waals surface area contributed by atoms with E-state index in [1.54, 1.807) is 0 Å². The molecule has 0 radical (unpaired) electrons. The lowest BCUT2D eigenvalue weighted by molar-refractivity contribution is -0.138. The fraction of sp³-hybridized carbons (Fsp3) is 0.387. The monoisotopic (exact) mass is 495 g/mol. The molecule has 2 saturated carbocycles. The summed E-state index contributed by atoms with van der Waals surface area (Å²) in [5.41, 5.74) is 2.45. The second-order valence-corrected chi connectivity index (χ2v) is 10.7. The van der Waals surface area contributed by atoms with Gasteiger partial charge < -0.3 is 15.1 Å². The van der Waals surface area contributed by atoms with E-state index < -0.39 is 0 Å². The highest BCUT2D eigenvalue weighted by atomic mass is 16.2. The average Bonchev–Trinajstić information content (AvgIpc) is 3.87. The quantitative estimate of drug-likeness (QED) is 0.513. The number of hydrogen-bond acceptors (Lipinski definition) is 3. The summed E-state index contributed by atoms with van der Waals surface area (Å²) in [6, 6.07) is 22.1. The van der Waals surface area contributed by atoms with Crippen molar-refractivity contribution in [1.82, 2.24) is 15.1 Å². The van der Waals surface area contributed by atoms with Crippen molar-refractivity contribution in [3.8, 4) is 0 Å². The Labute approximate surface area is 217 Å². The molecule has 37 heavy (non-hydrogen) atoms. The largest absolute Gasteiger partial charge is 0.349 e. The van der Waals surface area contributed by atoms with E-state index >= 15 is 0 Å². The van der Waals surface area contributed by atoms with Crippen LogP contribution in [-0.2, 0) is 11.3 Å². The van der Waals surface area contributed by atoms with Gasteiger partial charge in [-0.25, -0.2) is 0 Å². The number of piperidine rings is 1. The summed E-state index contributed by atoms with van der Waals surface area (Å²) in [6.45, 7) is 1.77. The Hall–Kier alpha value is -3.67. The number of nitrogens with zero attached hydrogens (tertiary/aromatic N) is 2. The number of carbonyl (C=O) groups is 3. The molecule has 2 aliphatic carbocycles. The summed E-state index contributed by atoms with van der Waals surface area (Å²) in [5, 5.41) is 5.06. The molecule has 1 aliphatic heterocycles. The Morgan fingerprint density at radius 1 is 0.811 bits per heavy atom. The zero-order valence-corrected chi connectivity index (χ0v) is 21.1. The van der Waals surface area contributed by atoms with Gasteiger partial charge in [-0.15, -0.1) is 0 Å². The van der Waals surface area contributed by atoms with Gasteiger partial charge in [-0.1, -0.05) is 48.5 Å². The number of benzene rings is 3. The molecular formula is C31H33N3O3. The van der Waals surface area contributed by atoms with Gasteiger partial charge in [0.2, 0.25) is 5.91 Å². The van der Waals surface area contributed by atoms with Gasteiger partial charge in [-0.2, -0.15) is 0 Å². The lowest BCUT2D eigenvalue weighted by atomic mass is 9.94. The van der Waals surface area contributed by atoms with Crippen LogP contribution in [0, 0.1) is 5.92 Å². The molecule has 6 heteroatoms. The normalized spacial score (nSPS) is 18.0. The van der Waals surface area contributed by atoms with Gasteiger partial charge in [0.1, 0.15) is 0 Å². The van der Waals surface area contributed by atoms with E-state index in [4.69, 9.17) is 0 Å². The average molecular weight is 496 g/mol. The molecule has 3 aromatic carbocycles. The zero-order chi connectivity index (χ0) is 25.4. The first kappa shape index (κ1) is 23.7. The minimum Gasteiger partial charge on any atom is -0.349 e. The van der Waals surface area contributed by atoms with Crippen LogP contribution in [0.3, 0.4) is 0 Å². The predicted octanol–water partition coefficient (Wildman–Crippen LogP) is 4.78. The van der Waals surface area contributed by atoms with Crippen LogP contribution in [0.5, 0.6) is 0 Å². The minimum atomic E-state index is -0.0549. The summed E-state index contributed by atoms with van der Waals surface area (Å²) in [4.78, 5) is 43.1. The molecule has 6 nitrogen and oxygen atoms in total. The van der Waals surface area contributed by atoms with E-state index in [1.807, 2.05) is 76.5 Å². The number of amides is 3. The minimum absolute atomic E-state index is 0.0195. The smallest absolute Gasteiger partial charge is 0.254 e. The maximum atomic E-state index is 13.6. The first-order valence-electron chi connectivity index (χ1n) is 13.5. The van der Waals surface area contributed by atoms with Gasteiger partial charge in [-0.05, 0) is 73.1 Å². The first-order valence-corrected chi connectivity index (χ1v) is 13.5. The van der Waals surface area contributed by atoms with Crippen molar-refractivity contribution in [3.63, 3.8) is 0 Å². The molecule has 3 amide bonds. The maximum absolute atomic E-state index is 13.6. The lowest BCUT2D eigenvalue weighted by Crippen LogP contribution is -2.45. The predicted molar refractivity (Wildman–Crippen MR) is 143 cm³/mol. The standard InChI is InChI=1S/C31H33N3O3/c35-29(32-25-12-13-25)23-10-8-21(9-11-23)20-34(26-14-15-26)30(36)24-16-18-33(19-17-24)31(37)28-7-3-5-22-4-1-2-6-27(22)28/h1-11,24-26H,12-20H2,(H,32,35). The molecule has 0 unspecified atom stereocenters. The van der Waals surface area contributed by atoms with Gasteiger partial charge in [0.25, 0.3) is 11.8 Å². The first-order chi connectivity index (χ1) is 18.1. The maximum Gasteiger partial charge on any atom is 0.254 e. The van der Waals surface area contributed by atoms with Gasteiger partial charge in [0.05, 0.1) is 0 Å². The van der Waals surface area contributed by atoms with E-state index in [2.05, 4.69) is 5.32 Å². The van der Waals surface area contributed by atoms with Crippen LogP contribution in [0.25, 0.3) is 10.8 Å². The molecule has 0 aromatic heterocycles. The van der Waals surface area contributed by atoms with Crippen molar-refractivity contribution in [3.05, 3.63) is 83.4 Å². The number of likely N-dealkylation sites (tertiary alicyclic amines) is 1. The number of nitrogens with one attached hydrogen (secondary N) is 1. The van der Waals surface area contributed by atoms with Gasteiger partial charge >= 0.3 is 0 Å². The molecular weight excluding hydrogens is 462 g/mol. The molecule has 1 N–H and O–H groups in total. The highest BCUT2D eigenvalue weighted by Crippen LogP contribution is 2.32. The van der Waals surface area contributed by atoms with Crippen molar-refractivity contribution in [2.24, 2.45) is 5.92 Å². The third-order valence-electron chi connectivity index (χ3n) is 7.90. The molecule has 0 atom stereocenters. The summed E-state index contributed by atoms with van der Waals surface area (Å²) in [5.74, 6) is 0.178. The van der Waals surface area contributed by atoms with Crippen LogP contribution in [0.4, 0.5) is 0 Å². The van der Waals surface area contributed by atoms with Crippen LogP contribution >= 0.6 is 0 Å². The van der Waals surface area contributed by atoms with Gasteiger partial charge in [0.15, 0.2) is 0 Å². The number of carbonyl (C=O) groups excluding carboxylic acids is 3. The van der Waals surface area contributed by atoms with Crippen molar-refractivity contribution in [2.75, 3.05) is 13.1 Å². The summed E-state index contributed by atoms with van der Waals surface area (Å²) in [7, 11) is 0. The van der Waals surface area contributed by atoms with Crippen LogP contribution in [0.2, 0.25) is 0 Å². The van der Waals surface area contributed by atoms with Crippen LogP contribution in [0.15, 0.2) is 66.7 Å².